The molecule has 0 aliphatic heterocycles. The average molecular weight is 275 g/mol. The highest BCUT2D eigenvalue weighted by Crippen LogP contribution is 2.21. The Labute approximate surface area is 109 Å². The van der Waals surface area contributed by atoms with Crippen LogP contribution in [0.4, 0.5) is 13.2 Å². The number of nitrogens with one attached hydrogen (secondary N) is 1. The molecule has 2 N–H and O–H groups in total. The van der Waals surface area contributed by atoms with E-state index in [2.05, 4.69) is 5.32 Å². The fraction of sp³-hybridized carbons (Fsp3) is 0.462. The van der Waals surface area contributed by atoms with Gasteiger partial charge in [0.05, 0.1) is 19.1 Å². The number of benzene rings is 1. The van der Waals surface area contributed by atoms with Gasteiger partial charge >= 0.3 is 6.18 Å². The number of carbonyl (C=O) groups is 1. The van der Waals surface area contributed by atoms with Crippen molar-refractivity contribution in [2.24, 2.45) is 0 Å². The van der Waals surface area contributed by atoms with Gasteiger partial charge in [0.25, 0.3) is 0 Å². The van der Waals surface area contributed by atoms with Crippen LogP contribution in [0.15, 0.2) is 30.3 Å². The summed E-state index contributed by atoms with van der Waals surface area (Å²) in [4.78, 5) is 11.3. The Morgan fingerprint density at radius 1 is 1.26 bits per heavy atom. The van der Waals surface area contributed by atoms with E-state index in [1.54, 1.807) is 0 Å². The third-order valence-corrected chi connectivity index (χ3v) is 2.55. The molecule has 0 bridgehead atoms. The monoisotopic (exact) mass is 275 g/mol. The zero-order valence-corrected chi connectivity index (χ0v) is 10.3. The third-order valence-electron chi connectivity index (χ3n) is 2.55. The van der Waals surface area contributed by atoms with Crippen LogP contribution in [-0.4, -0.2) is 29.8 Å². The van der Waals surface area contributed by atoms with Crippen LogP contribution in [0.5, 0.6) is 0 Å². The fourth-order valence-electron chi connectivity index (χ4n) is 1.61. The molecular weight excluding hydrogens is 259 g/mol. The van der Waals surface area contributed by atoms with E-state index in [1.165, 1.54) is 0 Å². The van der Waals surface area contributed by atoms with E-state index < -0.39 is 31.0 Å². The molecule has 6 heteroatoms. The van der Waals surface area contributed by atoms with Crippen molar-refractivity contribution >= 4 is 5.91 Å². The molecule has 1 amide bonds. The zero-order valence-electron chi connectivity index (χ0n) is 10.3. The third kappa shape index (κ3) is 6.81. The molecule has 0 aliphatic carbocycles. The molecule has 1 aromatic carbocycles. The number of rotatable bonds is 6. The Balaban J connectivity index is 2.42. The second kappa shape index (κ2) is 7.13. The summed E-state index contributed by atoms with van der Waals surface area (Å²) in [5, 5.41) is 11.5. The van der Waals surface area contributed by atoms with Gasteiger partial charge in [0.2, 0.25) is 5.91 Å². The summed E-state index contributed by atoms with van der Waals surface area (Å²) < 4.78 is 35.9. The molecule has 0 heterocycles. The van der Waals surface area contributed by atoms with Crippen molar-refractivity contribution in [1.82, 2.24) is 5.32 Å². The minimum atomic E-state index is -4.34. The molecule has 0 saturated carbocycles. The molecule has 0 spiro atoms. The summed E-state index contributed by atoms with van der Waals surface area (Å²) in [6, 6.07) is 8.54. The van der Waals surface area contributed by atoms with Crippen LogP contribution in [0.2, 0.25) is 0 Å². The summed E-state index contributed by atoms with van der Waals surface area (Å²) >= 11 is 0. The molecule has 0 saturated heterocycles. The van der Waals surface area contributed by atoms with Gasteiger partial charge in [-0.05, 0) is 12.0 Å². The number of aliphatic hydroxyl groups excluding tert-OH is 1. The molecule has 3 nitrogen and oxygen atoms in total. The number of hydrogen-bond donors (Lipinski definition) is 2. The molecule has 0 radical (unpaired) electrons. The zero-order chi connectivity index (χ0) is 14.3. The number of carbonyl (C=O) groups excluding carboxylic acids is 1. The first kappa shape index (κ1) is 15.5. The lowest BCUT2D eigenvalue weighted by molar-refractivity contribution is -0.144. The highest BCUT2D eigenvalue weighted by Gasteiger charge is 2.28. The van der Waals surface area contributed by atoms with Gasteiger partial charge in [-0.25, -0.2) is 0 Å². The van der Waals surface area contributed by atoms with E-state index >= 15 is 0 Å². The Morgan fingerprint density at radius 3 is 2.42 bits per heavy atom. The number of halogens is 3. The van der Waals surface area contributed by atoms with Crippen molar-refractivity contribution in [3.63, 3.8) is 0 Å². The fourth-order valence-corrected chi connectivity index (χ4v) is 1.61. The van der Waals surface area contributed by atoms with Crippen molar-refractivity contribution < 1.29 is 23.1 Å². The van der Waals surface area contributed by atoms with Gasteiger partial charge in [0, 0.05) is 6.42 Å². The molecule has 1 rings (SSSR count). The molecule has 1 aromatic rings. The minimum absolute atomic E-state index is 0.313. The van der Waals surface area contributed by atoms with Crippen molar-refractivity contribution in [2.75, 3.05) is 6.61 Å². The van der Waals surface area contributed by atoms with E-state index in [-0.39, 0.29) is 6.61 Å². The molecule has 19 heavy (non-hydrogen) atoms. The van der Waals surface area contributed by atoms with Gasteiger partial charge in [-0.2, -0.15) is 13.2 Å². The minimum Gasteiger partial charge on any atom is -0.394 e. The molecule has 1 unspecified atom stereocenters. The van der Waals surface area contributed by atoms with Crippen molar-refractivity contribution in [2.45, 2.75) is 31.5 Å². The van der Waals surface area contributed by atoms with E-state index in [1.807, 2.05) is 30.3 Å². The summed E-state index contributed by atoms with van der Waals surface area (Å²) in [6.45, 7) is -0.313. The van der Waals surface area contributed by atoms with Crippen LogP contribution in [0.1, 0.15) is 18.4 Å². The molecule has 0 fully saturated rings. The lowest BCUT2D eigenvalue weighted by Crippen LogP contribution is -2.39. The molecule has 1 atom stereocenters. The number of hydrogen-bond acceptors (Lipinski definition) is 2. The van der Waals surface area contributed by atoms with Crippen LogP contribution in [0.3, 0.4) is 0 Å². The highest BCUT2D eigenvalue weighted by molar-refractivity contribution is 5.76. The van der Waals surface area contributed by atoms with Gasteiger partial charge in [0.1, 0.15) is 0 Å². The standard InChI is InChI=1S/C13H16F3NO2/c14-13(15,16)7-6-12(19)17-11(9-18)8-10-4-2-1-3-5-10/h1-5,11,18H,6-9H2,(H,17,19). The van der Waals surface area contributed by atoms with Crippen LogP contribution < -0.4 is 5.32 Å². The first-order chi connectivity index (χ1) is 8.90. The molecular formula is C13H16F3NO2. The molecule has 0 aromatic heterocycles. The summed E-state index contributed by atoms with van der Waals surface area (Å²) in [5.41, 5.74) is 0.901. The van der Waals surface area contributed by atoms with E-state index in [0.29, 0.717) is 6.42 Å². The largest absolute Gasteiger partial charge is 0.394 e. The average Bonchev–Trinajstić information content (AvgIpc) is 2.36. The summed E-state index contributed by atoms with van der Waals surface area (Å²) in [7, 11) is 0. The van der Waals surface area contributed by atoms with Gasteiger partial charge in [-0.3, -0.25) is 4.79 Å². The maximum Gasteiger partial charge on any atom is 0.389 e. The normalized spacial score (nSPS) is 13.1. The van der Waals surface area contributed by atoms with E-state index in [4.69, 9.17) is 5.11 Å². The van der Waals surface area contributed by atoms with Crippen molar-refractivity contribution in [1.29, 1.82) is 0 Å². The lowest BCUT2D eigenvalue weighted by atomic mass is 10.1. The maximum atomic E-state index is 12.0. The van der Waals surface area contributed by atoms with Gasteiger partial charge < -0.3 is 10.4 Å². The maximum absolute atomic E-state index is 12.0. The predicted octanol–water partition coefficient (Wildman–Crippen LogP) is 2.05. The first-order valence-corrected chi connectivity index (χ1v) is 5.91. The topological polar surface area (TPSA) is 49.3 Å². The first-order valence-electron chi connectivity index (χ1n) is 5.91. The Kier molecular flexibility index (Phi) is 5.82. The number of amides is 1. The van der Waals surface area contributed by atoms with E-state index in [0.717, 1.165) is 5.56 Å². The Morgan fingerprint density at radius 2 is 1.89 bits per heavy atom. The van der Waals surface area contributed by atoms with Crippen LogP contribution in [-0.2, 0) is 11.2 Å². The predicted molar refractivity (Wildman–Crippen MR) is 64.5 cm³/mol. The molecule has 106 valence electrons. The quantitative estimate of drug-likeness (QED) is 0.834. The van der Waals surface area contributed by atoms with E-state index in [9.17, 15) is 18.0 Å². The SMILES string of the molecule is O=C(CCC(F)(F)F)NC(CO)Cc1ccccc1. The van der Waals surface area contributed by atoms with Gasteiger partial charge in [-0.15, -0.1) is 0 Å². The van der Waals surface area contributed by atoms with Gasteiger partial charge in [0.15, 0.2) is 0 Å². The Bertz CT molecular complexity index is 393. The second-order valence-electron chi connectivity index (χ2n) is 4.25. The van der Waals surface area contributed by atoms with Crippen molar-refractivity contribution in [3.05, 3.63) is 35.9 Å². The molecule has 0 aliphatic rings. The smallest absolute Gasteiger partial charge is 0.389 e. The second-order valence-corrected chi connectivity index (χ2v) is 4.25. The van der Waals surface area contributed by atoms with Crippen LogP contribution in [0.25, 0.3) is 0 Å². The Hall–Kier alpha value is -1.56. The van der Waals surface area contributed by atoms with Gasteiger partial charge in [-0.1, -0.05) is 30.3 Å². The summed E-state index contributed by atoms with van der Waals surface area (Å²) in [5.74, 6) is -0.702. The lowest BCUT2D eigenvalue weighted by Gasteiger charge is -2.16. The highest BCUT2D eigenvalue weighted by atomic mass is 19.4. The van der Waals surface area contributed by atoms with Crippen molar-refractivity contribution in [3.8, 4) is 0 Å². The summed E-state index contributed by atoms with van der Waals surface area (Å²) in [6.07, 6.45) is -5.72. The number of aliphatic hydroxyl groups is 1. The van der Waals surface area contributed by atoms with Crippen LogP contribution in [0, 0.1) is 0 Å². The van der Waals surface area contributed by atoms with Crippen LogP contribution >= 0.6 is 0 Å². The number of alkyl halides is 3.